The number of carboxylic acid groups (broad SMARTS) is 1. The van der Waals surface area contributed by atoms with Gasteiger partial charge in [0.05, 0.1) is 12.6 Å². The topological polar surface area (TPSA) is 72.9 Å². The highest BCUT2D eigenvalue weighted by Gasteiger charge is 2.25. The van der Waals surface area contributed by atoms with E-state index < -0.39 is 5.97 Å². The van der Waals surface area contributed by atoms with Crippen molar-refractivity contribution in [3.05, 3.63) is 48.0 Å². The predicted octanol–water partition coefficient (Wildman–Crippen LogP) is 3.48. The zero-order valence-corrected chi connectivity index (χ0v) is 16.6. The van der Waals surface area contributed by atoms with Crippen LogP contribution in [0.25, 0.3) is 10.8 Å². The Hall–Kier alpha value is -2.60. The number of likely N-dealkylation sites (tertiary alicyclic amines) is 1. The second-order valence-corrected chi connectivity index (χ2v) is 7.62. The van der Waals surface area contributed by atoms with Gasteiger partial charge in [-0.3, -0.25) is 9.69 Å². The number of carboxylic acids is 1. The zero-order chi connectivity index (χ0) is 20.1. The van der Waals surface area contributed by atoms with Gasteiger partial charge in [0.15, 0.2) is 0 Å². The summed E-state index contributed by atoms with van der Waals surface area (Å²) in [6, 6.07) is 14.4. The molecule has 2 amide bonds. The normalized spacial score (nSPS) is 18.7. The third-order valence-electron chi connectivity index (χ3n) is 5.62. The number of carbonyl (C=O) groups is 2. The summed E-state index contributed by atoms with van der Waals surface area (Å²) in [5, 5.41) is 14.5. The van der Waals surface area contributed by atoms with Gasteiger partial charge >= 0.3 is 12.0 Å². The lowest BCUT2D eigenvalue weighted by molar-refractivity contribution is -0.138. The Morgan fingerprint density at radius 3 is 2.71 bits per heavy atom. The lowest BCUT2D eigenvalue weighted by Crippen LogP contribution is -2.42. The van der Waals surface area contributed by atoms with E-state index in [1.807, 2.05) is 42.0 Å². The average Bonchev–Trinajstić information content (AvgIpc) is 2.93. The quantitative estimate of drug-likeness (QED) is 0.829. The number of rotatable bonds is 5. The summed E-state index contributed by atoms with van der Waals surface area (Å²) in [5.41, 5.74) is 1.11. The summed E-state index contributed by atoms with van der Waals surface area (Å²) in [4.78, 5) is 27.5. The summed E-state index contributed by atoms with van der Waals surface area (Å²) in [5.74, 6) is -0.815. The minimum Gasteiger partial charge on any atom is -0.480 e. The van der Waals surface area contributed by atoms with Gasteiger partial charge < -0.3 is 15.3 Å². The van der Waals surface area contributed by atoms with Crippen molar-refractivity contribution in [3.63, 3.8) is 0 Å². The number of carbonyl (C=O) groups excluding carboxylic acids is 1. The number of amides is 2. The van der Waals surface area contributed by atoms with Crippen LogP contribution in [-0.4, -0.2) is 59.6 Å². The van der Waals surface area contributed by atoms with Crippen LogP contribution in [0.2, 0.25) is 0 Å². The summed E-state index contributed by atoms with van der Waals surface area (Å²) in [6.45, 7) is 3.39. The van der Waals surface area contributed by atoms with Crippen molar-refractivity contribution in [1.82, 2.24) is 15.1 Å². The molecule has 0 radical (unpaired) electrons. The number of hydrogen-bond donors (Lipinski definition) is 2. The van der Waals surface area contributed by atoms with E-state index >= 15 is 0 Å². The van der Waals surface area contributed by atoms with Crippen molar-refractivity contribution in [2.45, 2.75) is 38.3 Å². The maximum atomic E-state index is 12.8. The van der Waals surface area contributed by atoms with Crippen molar-refractivity contribution in [3.8, 4) is 0 Å². The second kappa shape index (κ2) is 9.06. The number of aliphatic carboxylic acids is 1. The third kappa shape index (κ3) is 4.81. The van der Waals surface area contributed by atoms with Gasteiger partial charge in [-0.25, -0.2) is 4.79 Å². The molecule has 3 rings (SSSR count). The number of hydrogen-bond acceptors (Lipinski definition) is 3. The minimum absolute atomic E-state index is 0.0367. The number of fused-ring (bicyclic) bond motifs is 1. The molecule has 2 atom stereocenters. The van der Waals surface area contributed by atoms with E-state index in [1.54, 1.807) is 0 Å². The Morgan fingerprint density at radius 2 is 1.93 bits per heavy atom. The lowest BCUT2D eigenvalue weighted by Gasteiger charge is -2.26. The Morgan fingerprint density at radius 1 is 1.18 bits per heavy atom. The van der Waals surface area contributed by atoms with Gasteiger partial charge in [0.25, 0.3) is 0 Å². The first kappa shape index (κ1) is 20.1. The van der Waals surface area contributed by atoms with Crippen LogP contribution < -0.4 is 5.32 Å². The number of urea groups is 1. The second-order valence-electron chi connectivity index (χ2n) is 7.62. The Balaban J connectivity index is 1.62. The van der Waals surface area contributed by atoms with Gasteiger partial charge in [-0.15, -0.1) is 0 Å². The molecule has 6 nitrogen and oxygen atoms in total. The van der Waals surface area contributed by atoms with E-state index in [1.165, 1.54) is 5.39 Å². The van der Waals surface area contributed by atoms with Crippen molar-refractivity contribution in [2.24, 2.45) is 0 Å². The van der Waals surface area contributed by atoms with Gasteiger partial charge in [0, 0.05) is 19.1 Å². The number of likely N-dealkylation sites (N-methyl/N-ethyl adjacent to an activating group) is 1. The lowest BCUT2D eigenvalue weighted by atomic mass is 10.00. The molecule has 0 saturated carbocycles. The molecule has 6 heteroatoms. The van der Waals surface area contributed by atoms with Crippen LogP contribution in [0.5, 0.6) is 0 Å². The maximum absolute atomic E-state index is 12.8. The van der Waals surface area contributed by atoms with Crippen LogP contribution in [0.4, 0.5) is 4.79 Å². The SMILES string of the molecule is CC(NC(=O)N1CCCC(N(C)CC(=O)O)CC1)c1cccc2ccccc12. The third-order valence-corrected chi connectivity index (χ3v) is 5.62. The van der Waals surface area contributed by atoms with Crippen LogP contribution in [0.15, 0.2) is 42.5 Å². The molecular formula is C22H29N3O3. The van der Waals surface area contributed by atoms with E-state index in [2.05, 4.69) is 29.6 Å². The van der Waals surface area contributed by atoms with Crippen molar-refractivity contribution in [2.75, 3.05) is 26.7 Å². The van der Waals surface area contributed by atoms with Crippen LogP contribution in [0.1, 0.15) is 37.8 Å². The molecule has 28 heavy (non-hydrogen) atoms. The van der Waals surface area contributed by atoms with Gasteiger partial charge in [0.2, 0.25) is 0 Å². The highest BCUT2D eigenvalue weighted by molar-refractivity contribution is 5.86. The van der Waals surface area contributed by atoms with Gasteiger partial charge in [-0.05, 0) is 49.6 Å². The number of nitrogens with zero attached hydrogens (tertiary/aromatic N) is 2. The van der Waals surface area contributed by atoms with Crippen molar-refractivity contribution in [1.29, 1.82) is 0 Å². The molecule has 1 heterocycles. The molecular weight excluding hydrogens is 354 g/mol. The molecule has 0 spiro atoms. The van der Waals surface area contributed by atoms with Gasteiger partial charge in [-0.1, -0.05) is 42.5 Å². The number of nitrogens with one attached hydrogen (secondary N) is 1. The zero-order valence-electron chi connectivity index (χ0n) is 16.6. The smallest absolute Gasteiger partial charge is 0.317 e. The molecule has 2 aromatic carbocycles. The maximum Gasteiger partial charge on any atom is 0.317 e. The molecule has 1 fully saturated rings. The average molecular weight is 383 g/mol. The molecule has 2 unspecified atom stereocenters. The van der Waals surface area contributed by atoms with E-state index in [9.17, 15) is 9.59 Å². The van der Waals surface area contributed by atoms with Crippen molar-refractivity contribution < 1.29 is 14.7 Å². The Kier molecular flexibility index (Phi) is 6.52. The van der Waals surface area contributed by atoms with E-state index in [0.29, 0.717) is 13.1 Å². The van der Waals surface area contributed by atoms with Crippen LogP contribution in [-0.2, 0) is 4.79 Å². The van der Waals surface area contributed by atoms with Crippen LogP contribution >= 0.6 is 0 Å². The molecule has 150 valence electrons. The molecule has 1 aliphatic rings. The van der Waals surface area contributed by atoms with E-state index in [-0.39, 0.29) is 24.7 Å². The molecule has 2 N–H and O–H groups in total. The molecule has 0 bridgehead atoms. The highest BCUT2D eigenvalue weighted by Crippen LogP contribution is 2.24. The van der Waals surface area contributed by atoms with Crippen LogP contribution in [0.3, 0.4) is 0 Å². The van der Waals surface area contributed by atoms with Gasteiger partial charge in [-0.2, -0.15) is 0 Å². The molecule has 0 aliphatic carbocycles. The minimum atomic E-state index is -0.815. The Labute approximate surface area is 166 Å². The van der Waals surface area contributed by atoms with Gasteiger partial charge in [0.1, 0.15) is 0 Å². The fourth-order valence-corrected chi connectivity index (χ4v) is 4.05. The van der Waals surface area contributed by atoms with E-state index in [4.69, 9.17) is 5.11 Å². The first-order valence-electron chi connectivity index (χ1n) is 9.91. The molecule has 0 aromatic heterocycles. The first-order chi connectivity index (χ1) is 13.5. The molecule has 1 aliphatic heterocycles. The fourth-order valence-electron chi connectivity index (χ4n) is 4.05. The highest BCUT2D eigenvalue weighted by atomic mass is 16.4. The van der Waals surface area contributed by atoms with Crippen molar-refractivity contribution >= 4 is 22.8 Å². The first-order valence-corrected chi connectivity index (χ1v) is 9.91. The van der Waals surface area contributed by atoms with Crippen LogP contribution in [0, 0.1) is 0 Å². The molecule has 2 aromatic rings. The fraction of sp³-hybridized carbons (Fsp3) is 0.455. The summed E-state index contributed by atoms with van der Waals surface area (Å²) < 4.78 is 0. The summed E-state index contributed by atoms with van der Waals surface area (Å²) in [6.07, 6.45) is 2.58. The standard InChI is InChI=1S/C22H29N3O3/c1-16(19-11-5-8-17-7-3-4-10-20(17)19)23-22(28)25-13-6-9-18(12-14-25)24(2)15-21(26)27/h3-5,7-8,10-11,16,18H,6,9,12-15H2,1-2H3,(H,23,28)(H,26,27). The predicted molar refractivity (Wildman–Crippen MR) is 110 cm³/mol. The molecule has 1 saturated heterocycles. The summed E-state index contributed by atoms with van der Waals surface area (Å²) in [7, 11) is 1.84. The monoisotopic (exact) mass is 383 g/mol. The van der Waals surface area contributed by atoms with E-state index in [0.717, 1.165) is 30.2 Å². The summed E-state index contributed by atoms with van der Waals surface area (Å²) >= 11 is 0. The number of benzene rings is 2. The largest absolute Gasteiger partial charge is 0.480 e. The Bertz CT molecular complexity index is 833.